The first-order valence-electron chi connectivity index (χ1n) is 7.72. The minimum absolute atomic E-state index is 0.138. The van der Waals surface area contributed by atoms with E-state index in [1.807, 2.05) is 0 Å². The number of ether oxygens (including phenoxy) is 1. The molecule has 0 spiro atoms. The summed E-state index contributed by atoms with van der Waals surface area (Å²) in [6.07, 6.45) is 3.91. The zero-order valence-corrected chi connectivity index (χ0v) is 13.2. The predicted molar refractivity (Wildman–Crippen MR) is 85.1 cm³/mol. The van der Waals surface area contributed by atoms with E-state index >= 15 is 0 Å². The van der Waals surface area contributed by atoms with Crippen molar-refractivity contribution in [2.24, 2.45) is 0 Å². The summed E-state index contributed by atoms with van der Waals surface area (Å²) < 4.78 is 18.1. The Morgan fingerprint density at radius 3 is 2.83 bits per heavy atom. The number of fused-ring (bicyclic) bond motifs is 1. The fourth-order valence-electron chi connectivity index (χ4n) is 2.91. The number of halogens is 1. The van der Waals surface area contributed by atoms with Gasteiger partial charge in [0.05, 0.1) is 18.7 Å². The van der Waals surface area contributed by atoms with Crippen molar-refractivity contribution < 1.29 is 18.7 Å². The van der Waals surface area contributed by atoms with Crippen molar-refractivity contribution in [1.29, 1.82) is 0 Å². The van der Waals surface area contributed by atoms with Gasteiger partial charge in [0, 0.05) is 6.20 Å². The molecule has 6 heteroatoms. The molecule has 0 saturated carbocycles. The van der Waals surface area contributed by atoms with Crippen molar-refractivity contribution in [3.8, 4) is 0 Å². The molecule has 0 radical (unpaired) electrons. The van der Waals surface area contributed by atoms with Gasteiger partial charge in [-0.2, -0.15) is 0 Å². The fourth-order valence-corrected chi connectivity index (χ4v) is 2.91. The normalized spacial score (nSPS) is 16.2. The van der Waals surface area contributed by atoms with Crippen molar-refractivity contribution in [2.45, 2.75) is 25.3 Å². The van der Waals surface area contributed by atoms with E-state index < -0.39 is 5.97 Å². The van der Waals surface area contributed by atoms with Gasteiger partial charge in [0.15, 0.2) is 0 Å². The van der Waals surface area contributed by atoms with Crippen molar-refractivity contribution in [3.63, 3.8) is 0 Å². The minimum atomic E-state index is -0.557. The summed E-state index contributed by atoms with van der Waals surface area (Å²) in [7, 11) is 1.27. The molecular weight excluding hydrogens is 311 g/mol. The standard InChI is InChI=1S/C18H17FN2O3/c1-24-18(23)16-8-6-12(10-20-16)17(22)21-15-4-2-3-11-5-7-13(19)9-14(11)15/h5-10,15H,2-4H2,1H3,(H,21,22)/t15-/m1/s1. The van der Waals surface area contributed by atoms with E-state index in [1.165, 1.54) is 37.6 Å². The third-order valence-electron chi connectivity index (χ3n) is 4.15. The highest BCUT2D eigenvalue weighted by molar-refractivity contribution is 5.95. The third kappa shape index (κ3) is 3.27. The second-order valence-electron chi connectivity index (χ2n) is 5.69. The summed E-state index contributed by atoms with van der Waals surface area (Å²) in [5, 5.41) is 2.92. The maximum atomic E-state index is 13.5. The van der Waals surface area contributed by atoms with Crippen LogP contribution < -0.4 is 5.32 Å². The molecule has 0 unspecified atom stereocenters. The van der Waals surface area contributed by atoms with Crippen LogP contribution in [-0.4, -0.2) is 24.0 Å². The van der Waals surface area contributed by atoms with E-state index in [1.54, 1.807) is 6.07 Å². The second kappa shape index (κ2) is 6.78. The van der Waals surface area contributed by atoms with Crippen LogP contribution in [0.1, 0.15) is 50.9 Å². The molecule has 0 fully saturated rings. The molecule has 124 valence electrons. The summed E-state index contributed by atoms with van der Waals surface area (Å²) in [6.45, 7) is 0. The van der Waals surface area contributed by atoms with Crippen LogP contribution in [0.15, 0.2) is 36.5 Å². The lowest BCUT2D eigenvalue weighted by molar-refractivity contribution is 0.0593. The van der Waals surface area contributed by atoms with Gasteiger partial charge in [-0.15, -0.1) is 0 Å². The molecule has 1 aliphatic rings. The highest BCUT2D eigenvalue weighted by Gasteiger charge is 2.23. The Morgan fingerprint density at radius 1 is 1.29 bits per heavy atom. The molecule has 0 aliphatic heterocycles. The van der Waals surface area contributed by atoms with Crippen LogP contribution in [0.2, 0.25) is 0 Å². The number of esters is 1. The van der Waals surface area contributed by atoms with Gasteiger partial charge in [0.25, 0.3) is 5.91 Å². The summed E-state index contributed by atoms with van der Waals surface area (Å²) in [5.74, 6) is -1.17. The van der Waals surface area contributed by atoms with Gasteiger partial charge in [-0.3, -0.25) is 4.79 Å². The van der Waals surface area contributed by atoms with Crippen LogP contribution in [0.4, 0.5) is 4.39 Å². The molecule has 1 aromatic carbocycles. The maximum absolute atomic E-state index is 13.5. The summed E-state index contributed by atoms with van der Waals surface area (Å²) in [6, 6.07) is 7.43. The van der Waals surface area contributed by atoms with Gasteiger partial charge < -0.3 is 10.1 Å². The molecule has 1 N–H and O–H groups in total. The minimum Gasteiger partial charge on any atom is -0.464 e. The van der Waals surface area contributed by atoms with Crippen LogP contribution in [0.25, 0.3) is 0 Å². The van der Waals surface area contributed by atoms with Crippen LogP contribution in [0.5, 0.6) is 0 Å². The van der Waals surface area contributed by atoms with Crippen molar-refractivity contribution in [3.05, 3.63) is 64.7 Å². The quantitative estimate of drug-likeness (QED) is 0.880. The number of methoxy groups -OCH3 is 1. The number of nitrogens with zero attached hydrogens (tertiary/aromatic N) is 1. The number of carbonyl (C=O) groups is 2. The molecule has 1 aromatic heterocycles. The fraction of sp³-hybridized carbons (Fsp3) is 0.278. The Bertz CT molecular complexity index is 774. The number of rotatable bonds is 3. The summed E-state index contributed by atoms with van der Waals surface area (Å²) >= 11 is 0. The van der Waals surface area contributed by atoms with Gasteiger partial charge >= 0.3 is 5.97 Å². The first-order valence-corrected chi connectivity index (χ1v) is 7.72. The SMILES string of the molecule is COC(=O)c1ccc(C(=O)N[C@@H]2CCCc3ccc(F)cc32)cn1. The van der Waals surface area contributed by atoms with Crippen LogP contribution in [0.3, 0.4) is 0 Å². The van der Waals surface area contributed by atoms with Gasteiger partial charge in [-0.1, -0.05) is 6.07 Å². The number of aryl methyl sites for hydroxylation is 1. The van der Waals surface area contributed by atoms with Gasteiger partial charge in [0.2, 0.25) is 0 Å². The van der Waals surface area contributed by atoms with Crippen LogP contribution >= 0.6 is 0 Å². The lowest BCUT2D eigenvalue weighted by Crippen LogP contribution is -2.31. The zero-order chi connectivity index (χ0) is 17.1. The number of carbonyl (C=O) groups excluding carboxylic acids is 2. The lowest BCUT2D eigenvalue weighted by Gasteiger charge is -2.26. The monoisotopic (exact) mass is 328 g/mol. The first kappa shape index (κ1) is 16.1. The third-order valence-corrected chi connectivity index (χ3v) is 4.15. The molecular formula is C18H17FN2O3. The molecule has 1 amide bonds. The maximum Gasteiger partial charge on any atom is 0.356 e. The lowest BCUT2D eigenvalue weighted by atomic mass is 9.87. The molecule has 1 aliphatic carbocycles. The van der Waals surface area contributed by atoms with Gasteiger partial charge in [-0.25, -0.2) is 14.2 Å². The highest BCUT2D eigenvalue weighted by Crippen LogP contribution is 2.30. The number of pyridine rings is 1. The Labute approximate surface area is 138 Å². The van der Waals surface area contributed by atoms with Crippen LogP contribution in [-0.2, 0) is 11.2 Å². The number of hydrogen-bond acceptors (Lipinski definition) is 4. The average molecular weight is 328 g/mol. The summed E-state index contributed by atoms with van der Waals surface area (Å²) in [4.78, 5) is 27.7. The first-order chi connectivity index (χ1) is 11.6. The number of hydrogen-bond donors (Lipinski definition) is 1. The van der Waals surface area contributed by atoms with Gasteiger partial charge in [0.1, 0.15) is 11.5 Å². The zero-order valence-electron chi connectivity index (χ0n) is 13.2. The van der Waals surface area contributed by atoms with Crippen molar-refractivity contribution >= 4 is 11.9 Å². The Hall–Kier alpha value is -2.76. The largest absolute Gasteiger partial charge is 0.464 e. The van der Waals surface area contributed by atoms with Crippen molar-refractivity contribution in [2.75, 3.05) is 7.11 Å². The van der Waals surface area contributed by atoms with E-state index in [0.717, 1.165) is 30.4 Å². The van der Waals surface area contributed by atoms with Crippen molar-refractivity contribution in [1.82, 2.24) is 10.3 Å². The van der Waals surface area contributed by atoms with Crippen LogP contribution in [0, 0.1) is 5.82 Å². The summed E-state index contributed by atoms with van der Waals surface area (Å²) in [5.41, 5.74) is 2.37. The van der Waals surface area contributed by atoms with Gasteiger partial charge in [-0.05, 0) is 54.7 Å². The highest BCUT2D eigenvalue weighted by atomic mass is 19.1. The molecule has 3 rings (SSSR count). The van der Waals surface area contributed by atoms with E-state index in [9.17, 15) is 14.0 Å². The number of benzene rings is 1. The smallest absolute Gasteiger partial charge is 0.356 e. The predicted octanol–water partition coefficient (Wildman–Crippen LogP) is 2.81. The number of nitrogens with one attached hydrogen (secondary N) is 1. The topological polar surface area (TPSA) is 68.3 Å². The molecule has 1 heterocycles. The second-order valence-corrected chi connectivity index (χ2v) is 5.69. The Kier molecular flexibility index (Phi) is 4.55. The van der Waals surface area contributed by atoms with E-state index in [2.05, 4.69) is 15.0 Å². The number of aromatic nitrogens is 1. The molecule has 24 heavy (non-hydrogen) atoms. The molecule has 0 saturated heterocycles. The van der Waals surface area contributed by atoms with E-state index in [0.29, 0.717) is 5.56 Å². The molecule has 5 nitrogen and oxygen atoms in total. The number of amides is 1. The van der Waals surface area contributed by atoms with E-state index in [-0.39, 0.29) is 23.5 Å². The average Bonchev–Trinajstić information content (AvgIpc) is 2.61. The molecule has 2 aromatic rings. The van der Waals surface area contributed by atoms with E-state index in [4.69, 9.17) is 0 Å². The Morgan fingerprint density at radius 2 is 2.12 bits per heavy atom. The Balaban J connectivity index is 1.76. The molecule has 0 bridgehead atoms. The molecule has 1 atom stereocenters.